The van der Waals surface area contributed by atoms with Crippen LogP contribution < -0.4 is 0 Å². The van der Waals surface area contributed by atoms with Gasteiger partial charge in [0.25, 0.3) is 0 Å². The maximum atomic E-state index is 12.4. The molecule has 0 aliphatic carbocycles. The van der Waals surface area contributed by atoms with E-state index < -0.39 is 15.8 Å². The Bertz CT molecular complexity index is 626. The van der Waals surface area contributed by atoms with Crippen LogP contribution in [-0.4, -0.2) is 37.5 Å². The molecule has 1 fully saturated rings. The molecule has 1 aromatic rings. The molecule has 1 aliphatic rings. The van der Waals surface area contributed by atoms with Crippen LogP contribution in [0.1, 0.15) is 30.1 Å². The third-order valence-electron chi connectivity index (χ3n) is 3.24. The Labute approximate surface area is 126 Å². The molecule has 1 aliphatic heterocycles. The summed E-state index contributed by atoms with van der Waals surface area (Å²) in [6, 6.07) is 3.98. The maximum absolute atomic E-state index is 12.4. The molecule has 1 aromatic carbocycles. The zero-order valence-electron chi connectivity index (χ0n) is 10.9. The van der Waals surface area contributed by atoms with E-state index in [4.69, 9.17) is 9.84 Å². The zero-order chi connectivity index (χ0) is 14.9. The fraction of sp³-hybridized carbons (Fsp3) is 0.462. The van der Waals surface area contributed by atoms with E-state index in [0.717, 1.165) is 6.42 Å². The molecule has 110 valence electrons. The SMILES string of the molecule is CC1CCC(CS(=O)(=O)c2cc(C(=O)O)ccc2Br)O1. The van der Waals surface area contributed by atoms with Gasteiger partial charge in [0.2, 0.25) is 0 Å². The van der Waals surface area contributed by atoms with Gasteiger partial charge in [-0.3, -0.25) is 0 Å². The van der Waals surface area contributed by atoms with Gasteiger partial charge in [0.1, 0.15) is 0 Å². The summed E-state index contributed by atoms with van der Waals surface area (Å²) in [6.07, 6.45) is 1.30. The minimum Gasteiger partial charge on any atom is -0.478 e. The largest absolute Gasteiger partial charge is 0.478 e. The molecular formula is C13H15BrO5S. The number of carboxylic acids is 1. The maximum Gasteiger partial charge on any atom is 0.335 e. The number of sulfone groups is 1. The lowest BCUT2D eigenvalue weighted by atomic mass is 10.2. The Morgan fingerprint density at radius 1 is 1.45 bits per heavy atom. The highest BCUT2D eigenvalue weighted by Crippen LogP contribution is 2.28. The highest BCUT2D eigenvalue weighted by Gasteiger charge is 2.29. The molecule has 7 heteroatoms. The molecule has 2 rings (SSSR count). The van der Waals surface area contributed by atoms with E-state index in [2.05, 4.69) is 15.9 Å². The average Bonchev–Trinajstić information content (AvgIpc) is 2.73. The summed E-state index contributed by atoms with van der Waals surface area (Å²) in [5.74, 6) is -1.28. The predicted molar refractivity (Wildman–Crippen MR) is 76.7 cm³/mol. The lowest BCUT2D eigenvalue weighted by Gasteiger charge is -2.13. The Kier molecular flexibility index (Phi) is 4.51. The van der Waals surface area contributed by atoms with E-state index in [-0.39, 0.29) is 28.4 Å². The molecule has 1 saturated heterocycles. The molecule has 2 unspecified atom stereocenters. The smallest absolute Gasteiger partial charge is 0.335 e. The van der Waals surface area contributed by atoms with Gasteiger partial charge in [-0.15, -0.1) is 0 Å². The summed E-state index contributed by atoms with van der Waals surface area (Å²) >= 11 is 3.16. The number of rotatable bonds is 4. The van der Waals surface area contributed by atoms with Crippen LogP contribution in [0.25, 0.3) is 0 Å². The Hall–Kier alpha value is -0.920. The third-order valence-corrected chi connectivity index (χ3v) is 6.01. The molecule has 2 atom stereocenters. The van der Waals surface area contributed by atoms with Crippen molar-refractivity contribution in [2.45, 2.75) is 36.9 Å². The predicted octanol–water partition coefficient (Wildman–Crippen LogP) is 2.49. The third kappa shape index (κ3) is 3.39. The molecular weight excluding hydrogens is 348 g/mol. The molecule has 0 amide bonds. The number of aromatic carboxylic acids is 1. The van der Waals surface area contributed by atoms with Crippen molar-refractivity contribution in [3.63, 3.8) is 0 Å². The van der Waals surface area contributed by atoms with Gasteiger partial charge in [0.05, 0.1) is 28.4 Å². The van der Waals surface area contributed by atoms with E-state index in [9.17, 15) is 13.2 Å². The summed E-state index contributed by atoms with van der Waals surface area (Å²) in [5, 5.41) is 8.95. The fourth-order valence-electron chi connectivity index (χ4n) is 2.22. The van der Waals surface area contributed by atoms with Crippen LogP contribution in [0.2, 0.25) is 0 Å². The molecule has 0 spiro atoms. The van der Waals surface area contributed by atoms with Gasteiger partial charge in [-0.1, -0.05) is 0 Å². The van der Waals surface area contributed by atoms with E-state index in [1.807, 2.05) is 6.92 Å². The second-order valence-electron chi connectivity index (χ2n) is 4.88. The fourth-order valence-corrected chi connectivity index (χ4v) is 4.79. The van der Waals surface area contributed by atoms with Crippen molar-refractivity contribution >= 4 is 31.7 Å². The number of halogens is 1. The molecule has 0 aromatic heterocycles. The van der Waals surface area contributed by atoms with Crippen LogP contribution in [0.5, 0.6) is 0 Å². The summed E-state index contributed by atoms with van der Waals surface area (Å²) in [7, 11) is -3.59. The first-order valence-electron chi connectivity index (χ1n) is 6.20. The van der Waals surface area contributed by atoms with E-state index in [0.29, 0.717) is 10.9 Å². The summed E-state index contributed by atoms with van der Waals surface area (Å²) in [5.41, 5.74) is -0.0486. The van der Waals surface area contributed by atoms with Crippen molar-refractivity contribution in [1.29, 1.82) is 0 Å². The van der Waals surface area contributed by atoms with Crippen LogP contribution in [0.3, 0.4) is 0 Å². The Morgan fingerprint density at radius 2 is 2.15 bits per heavy atom. The summed E-state index contributed by atoms with van der Waals surface area (Å²) in [4.78, 5) is 10.9. The monoisotopic (exact) mass is 362 g/mol. The van der Waals surface area contributed by atoms with Crippen molar-refractivity contribution in [2.24, 2.45) is 0 Å². The van der Waals surface area contributed by atoms with E-state index >= 15 is 0 Å². The summed E-state index contributed by atoms with van der Waals surface area (Å²) < 4.78 is 30.7. The molecule has 1 N–H and O–H groups in total. The molecule has 0 radical (unpaired) electrons. The quantitative estimate of drug-likeness (QED) is 0.889. The first kappa shape index (κ1) is 15.5. The van der Waals surface area contributed by atoms with Crippen molar-refractivity contribution in [3.05, 3.63) is 28.2 Å². The van der Waals surface area contributed by atoms with Gasteiger partial charge in [0.15, 0.2) is 9.84 Å². The summed E-state index contributed by atoms with van der Waals surface area (Å²) in [6.45, 7) is 1.91. The zero-order valence-corrected chi connectivity index (χ0v) is 13.3. The standard InChI is InChI=1S/C13H15BrO5S/c1-8-2-4-10(19-8)7-20(17,18)12-6-9(13(15)16)3-5-11(12)14/h3,5-6,8,10H,2,4,7H2,1H3,(H,15,16). The van der Waals surface area contributed by atoms with E-state index in [1.165, 1.54) is 18.2 Å². The van der Waals surface area contributed by atoms with Crippen molar-refractivity contribution in [2.75, 3.05) is 5.75 Å². The molecule has 20 heavy (non-hydrogen) atoms. The molecule has 0 saturated carbocycles. The number of ether oxygens (including phenoxy) is 1. The van der Waals surface area contributed by atoms with Crippen molar-refractivity contribution in [3.8, 4) is 0 Å². The Balaban J connectivity index is 2.29. The number of hydrogen-bond donors (Lipinski definition) is 1. The van der Waals surface area contributed by atoms with Crippen LogP contribution in [-0.2, 0) is 14.6 Å². The van der Waals surface area contributed by atoms with Gasteiger partial charge < -0.3 is 9.84 Å². The van der Waals surface area contributed by atoms with Crippen LogP contribution >= 0.6 is 15.9 Å². The lowest BCUT2D eigenvalue weighted by molar-refractivity contribution is 0.0688. The minimum absolute atomic E-state index is 0.000512. The van der Waals surface area contributed by atoms with Crippen molar-refractivity contribution in [1.82, 2.24) is 0 Å². The number of carboxylic acid groups (broad SMARTS) is 1. The number of hydrogen-bond acceptors (Lipinski definition) is 4. The lowest BCUT2D eigenvalue weighted by Crippen LogP contribution is -2.21. The number of carbonyl (C=O) groups is 1. The highest BCUT2D eigenvalue weighted by atomic mass is 79.9. The van der Waals surface area contributed by atoms with Gasteiger partial charge in [0, 0.05) is 4.47 Å². The first-order valence-corrected chi connectivity index (χ1v) is 8.65. The molecule has 1 heterocycles. The van der Waals surface area contributed by atoms with Crippen molar-refractivity contribution < 1.29 is 23.1 Å². The molecule has 0 bridgehead atoms. The van der Waals surface area contributed by atoms with Gasteiger partial charge in [-0.2, -0.15) is 0 Å². The Morgan fingerprint density at radius 3 is 2.70 bits per heavy atom. The van der Waals surface area contributed by atoms with Gasteiger partial charge >= 0.3 is 5.97 Å². The second-order valence-corrected chi connectivity index (χ2v) is 7.73. The van der Waals surface area contributed by atoms with E-state index in [1.54, 1.807) is 0 Å². The molecule has 5 nitrogen and oxygen atoms in total. The van der Waals surface area contributed by atoms with Gasteiger partial charge in [-0.25, -0.2) is 13.2 Å². The first-order chi connectivity index (χ1) is 9.29. The topological polar surface area (TPSA) is 80.7 Å². The van der Waals surface area contributed by atoms with Crippen LogP contribution in [0.4, 0.5) is 0 Å². The van der Waals surface area contributed by atoms with Crippen LogP contribution in [0, 0.1) is 0 Å². The van der Waals surface area contributed by atoms with Gasteiger partial charge in [-0.05, 0) is 53.9 Å². The van der Waals surface area contributed by atoms with Crippen LogP contribution in [0.15, 0.2) is 27.6 Å². The minimum atomic E-state index is -3.59. The normalized spacial score (nSPS) is 22.9. The second kappa shape index (κ2) is 5.83. The number of benzene rings is 1. The average molecular weight is 363 g/mol. The highest BCUT2D eigenvalue weighted by molar-refractivity contribution is 9.10.